The topological polar surface area (TPSA) is 58.6 Å². The van der Waals surface area contributed by atoms with Gasteiger partial charge in [0.15, 0.2) is 0 Å². The zero-order chi connectivity index (χ0) is 21.3. The van der Waals surface area contributed by atoms with Crippen molar-refractivity contribution in [3.8, 4) is 5.75 Å². The zero-order valence-corrected chi connectivity index (χ0v) is 18.1. The van der Waals surface area contributed by atoms with E-state index >= 15 is 0 Å². The molecule has 0 bridgehead atoms. The van der Waals surface area contributed by atoms with Gasteiger partial charge < -0.3 is 15.0 Å². The van der Waals surface area contributed by atoms with Crippen LogP contribution in [0.1, 0.15) is 60.5 Å². The van der Waals surface area contributed by atoms with Gasteiger partial charge in [0.05, 0.1) is 12.2 Å². The standard InChI is InChI=1S/C24H30N2O3/c1-14(2)19-8-7-15(3)13-21(19)29-10-9-26-23-17(5)11-16(4)12-20(23)22(24(26)28)25-18(6)27/h7-8,11-14,22H,9-10H2,1-6H3,(H,25,27)/t22-/m0/s1. The minimum absolute atomic E-state index is 0.110. The molecule has 0 fully saturated rings. The van der Waals surface area contributed by atoms with Crippen molar-refractivity contribution < 1.29 is 14.3 Å². The van der Waals surface area contributed by atoms with Crippen LogP contribution in [0.4, 0.5) is 5.69 Å². The maximum atomic E-state index is 13.1. The first kappa shape index (κ1) is 20.9. The van der Waals surface area contributed by atoms with Gasteiger partial charge in [-0.15, -0.1) is 0 Å². The van der Waals surface area contributed by atoms with Crippen LogP contribution in [0, 0.1) is 20.8 Å². The Morgan fingerprint density at radius 1 is 1.14 bits per heavy atom. The molecule has 0 aromatic heterocycles. The van der Waals surface area contributed by atoms with Crippen LogP contribution in [0.2, 0.25) is 0 Å². The first-order chi connectivity index (χ1) is 13.7. The third-order valence-corrected chi connectivity index (χ3v) is 5.28. The second kappa shape index (κ2) is 8.27. The summed E-state index contributed by atoms with van der Waals surface area (Å²) in [6.45, 7) is 12.6. The third-order valence-electron chi connectivity index (χ3n) is 5.28. The summed E-state index contributed by atoms with van der Waals surface area (Å²) in [5.74, 6) is 0.897. The highest BCUT2D eigenvalue weighted by Gasteiger charge is 2.38. The summed E-state index contributed by atoms with van der Waals surface area (Å²) in [5, 5.41) is 2.80. The van der Waals surface area contributed by atoms with E-state index in [2.05, 4.69) is 37.4 Å². The highest BCUT2D eigenvalue weighted by molar-refractivity contribution is 6.07. The lowest BCUT2D eigenvalue weighted by Crippen LogP contribution is -2.38. The Bertz CT molecular complexity index is 949. The fourth-order valence-corrected chi connectivity index (χ4v) is 4.04. The normalized spacial score (nSPS) is 15.6. The van der Waals surface area contributed by atoms with Crippen LogP contribution in [-0.4, -0.2) is 25.0 Å². The van der Waals surface area contributed by atoms with Crippen molar-refractivity contribution >= 4 is 17.5 Å². The minimum Gasteiger partial charge on any atom is -0.491 e. The van der Waals surface area contributed by atoms with Crippen molar-refractivity contribution in [1.29, 1.82) is 0 Å². The average Bonchev–Trinajstić information content (AvgIpc) is 2.87. The van der Waals surface area contributed by atoms with Crippen LogP contribution >= 0.6 is 0 Å². The lowest BCUT2D eigenvalue weighted by Gasteiger charge is -2.21. The van der Waals surface area contributed by atoms with Gasteiger partial charge in [-0.25, -0.2) is 0 Å². The number of anilines is 1. The van der Waals surface area contributed by atoms with Gasteiger partial charge in [-0.3, -0.25) is 9.59 Å². The molecule has 0 spiro atoms. The fraction of sp³-hybridized carbons (Fsp3) is 0.417. The molecule has 154 valence electrons. The molecule has 5 heteroatoms. The van der Waals surface area contributed by atoms with Gasteiger partial charge >= 0.3 is 0 Å². The average molecular weight is 395 g/mol. The molecular weight excluding hydrogens is 364 g/mol. The van der Waals surface area contributed by atoms with E-state index in [1.54, 1.807) is 4.90 Å². The third kappa shape index (κ3) is 4.29. The molecule has 29 heavy (non-hydrogen) atoms. The number of amides is 2. The predicted molar refractivity (Wildman–Crippen MR) is 116 cm³/mol. The van der Waals surface area contributed by atoms with Gasteiger partial charge in [0, 0.05) is 12.5 Å². The van der Waals surface area contributed by atoms with Crippen LogP contribution in [0.3, 0.4) is 0 Å². The van der Waals surface area contributed by atoms with Gasteiger partial charge in [-0.1, -0.05) is 43.7 Å². The number of aryl methyl sites for hydroxylation is 3. The number of hydrogen-bond donors (Lipinski definition) is 1. The van der Waals surface area contributed by atoms with Gasteiger partial charge in [-0.2, -0.15) is 0 Å². The number of benzene rings is 2. The zero-order valence-electron chi connectivity index (χ0n) is 18.1. The van der Waals surface area contributed by atoms with Crippen molar-refractivity contribution in [2.45, 2.75) is 53.5 Å². The Hall–Kier alpha value is -2.82. The Morgan fingerprint density at radius 2 is 1.86 bits per heavy atom. The van der Waals surface area contributed by atoms with Gasteiger partial charge in [-0.05, 0) is 49.4 Å². The largest absolute Gasteiger partial charge is 0.491 e. The van der Waals surface area contributed by atoms with Gasteiger partial charge in [0.25, 0.3) is 5.91 Å². The number of ether oxygens (including phenoxy) is 1. The van der Waals surface area contributed by atoms with Crippen LogP contribution in [-0.2, 0) is 9.59 Å². The van der Waals surface area contributed by atoms with Crippen LogP contribution in [0.15, 0.2) is 30.3 Å². The number of nitrogens with zero attached hydrogens (tertiary/aromatic N) is 1. The van der Waals surface area contributed by atoms with E-state index < -0.39 is 6.04 Å². The molecule has 0 saturated carbocycles. The molecular formula is C24H30N2O3. The molecule has 0 saturated heterocycles. The Balaban J connectivity index is 1.83. The molecule has 2 aromatic rings. The molecule has 5 nitrogen and oxygen atoms in total. The van der Waals surface area contributed by atoms with Crippen LogP contribution in [0.5, 0.6) is 5.75 Å². The number of carbonyl (C=O) groups excluding carboxylic acids is 2. The van der Waals surface area contributed by atoms with Crippen molar-refractivity contribution in [3.05, 3.63) is 58.1 Å². The van der Waals surface area contributed by atoms with Crippen LogP contribution < -0.4 is 15.0 Å². The van der Waals surface area contributed by atoms with E-state index in [0.717, 1.165) is 39.3 Å². The van der Waals surface area contributed by atoms with Crippen molar-refractivity contribution in [1.82, 2.24) is 5.32 Å². The molecule has 1 N–H and O–H groups in total. The molecule has 3 rings (SSSR count). The summed E-state index contributed by atoms with van der Waals surface area (Å²) < 4.78 is 6.10. The monoisotopic (exact) mass is 394 g/mol. The summed E-state index contributed by atoms with van der Waals surface area (Å²) >= 11 is 0. The van der Waals surface area contributed by atoms with E-state index in [9.17, 15) is 9.59 Å². The molecule has 1 aliphatic heterocycles. The molecule has 0 radical (unpaired) electrons. The maximum Gasteiger partial charge on any atom is 0.254 e. The summed E-state index contributed by atoms with van der Waals surface area (Å²) in [6, 6.07) is 9.65. The van der Waals surface area contributed by atoms with E-state index in [4.69, 9.17) is 4.74 Å². The Kier molecular flexibility index (Phi) is 5.96. The number of rotatable bonds is 6. The lowest BCUT2D eigenvalue weighted by atomic mass is 10.0. The van der Waals surface area contributed by atoms with Crippen LogP contribution in [0.25, 0.3) is 0 Å². The molecule has 1 atom stereocenters. The quantitative estimate of drug-likeness (QED) is 0.793. The lowest BCUT2D eigenvalue weighted by molar-refractivity contribution is -0.126. The highest BCUT2D eigenvalue weighted by atomic mass is 16.5. The Morgan fingerprint density at radius 3 is 2.52 bits per heavy atom. The summed E-state index contributed by atoms with van der Waals surface area (Å²) in [6.07, 6.45) is 0. The number of hydrogen-bond acceptors (Lipinski definition) is 3. The summed E-state index contributed by atoms with van der Waals surface area (Å²) in [5.41, 5.74) is 6.15. The molecule has 2 amide bonds. The highest BCUT2D eigenvalue weighted by Crippen LogP contribution is 2.39. The van der Waals surface area contributed by atoms with Crippen molar-refractivity contribution in [3.63, 3.8) is 0 Å². The first-order valence-corrected chi connectivity index (χ1v) is 10.1. The first-order valence-electron chi connectivity index (χ1n) is 10.1. The molecule has 1 heterocycles. The van der Waals surface area contributed by atoms with E-state index in [1.165, 1.54) is 6.92 Å². The van der Waals surface area contributed by atoms with E-state index in [0.29, 0.717) is 19.1 Å². The minimum atomic E-state index is -0.633. The smallest absolute Gasteiger partial charge is 0.254 e. The van der Waals surface area contributed by atoms with Crippen molar-refractivity contribution in [2.24, 2.45) is 0 Å². The molecule has 1 aliphatic rings. The van der Waals surface area contributed by atoms with E-state index in [1.807, 2.05) is 32.9 Å². The summed E-state index contributed by atoms with van der Waals surface area (Å²) in [4.78, 5) is 26.5. The maximum absolute atomic E-state index is 13.1. The van der Waals surface area contributed by atoms with E-state index in [-0.39, 0.29) is 11.8 Å². The van der Waals surface area contributed by atoms with Gasteiger partial charge in [0.2, 0.25) is 5.91 Å². The molecule has 2 aromatic carbocycles. The summed E-state index contributed by atoms with van der Waals surface area (Å²) in [7, 11) is 0. The fourth-order valence-electron chi connectivity index (χ4n) is 4.04. The second-order valence-electron chi connectivity index (χ2n) is 8.19. The number of carbonyl (C=O) groups is 2. The van der Waals surface area contributed by atoms with Crippen molar-refractivity contribution in [2.75, 3.05) is 18.1 Å². The number of nitrogens with one attached hydrogen (secondary N) is 1. The second-order valence-corrected chi connectivity index (χ2v) is 8.19. The predicted octanol–water partition coefficient (Wildman–Crippen LogP) is 4.34. The van der Waals surface area contributed by atoms with Gasteiger partial charge in [0.1, 0.15) is 18.4 Å². The Labute approximate surface area is 173 Å². The molecule has 0 aliphatic carbocycles. The number of fused-ring (bicyclic) bond motifs is 1. The SMILES string of the molecule is CC(=O)N[C@@H]1C(=O)N(CCOc2cc(C)ccc2C(C)C)c2c(C)cc(C)cc21. The molecule has 0 unspecified atom stereocenters.